The van der Waals surface area contributed by atoms with Gasteiger partial charge in [-0.05, 0) is 79.3 Å². The lowest BCUT2D eigenvalue weighted by Gasteiger charge is -2.61. The summed E-state index contributed by atoms with van der Waals surface area (Å²) >= 11 is 0. The van der Waals surface area contributed by atoms with Crippen molar-refractivity contribution in [1.82, 2.24) is 9.80 Å². The molecule has 6 nitrogen and oxygen atoms in total. The maximum absolute atomic E-state index is 14.3. The van der Waals surface area contributed by atoms with Crippen molar-refractivity contribution in [3.8, 4) is 0 Å². The molecule has 4 aliphatic rings. The fourth-order valence-electron chi connectivity index (χ4n) is 8.46. The summed E-state index contributed by atoms with van der Waals surface area (Å²) in [5, 5.41) is 23.3. The molecule has 1 aliphatic heterocycles. The first-order chi connectivity index (χ1) is 18.4. The summed E-state index contributed by atoms with van der Waals surface area (Å²) < 4.78 is 0. The fourth-order valence-corrected chi connectivity index (χ4v) is 8.46. The van der Waals surface area contributed by atoms with Gasteiger partial charge in [0.25, 0.3) is 5.91 Å². The molecule has 6 heteroatoms. The summed E-state index contributed by atoms with van der Waals surface area (Å²) in [5.74, 6) is -0.114. The Bertz CT molecular complexity index is 1170. The largest absolute Gasteiger partial charge is 0.392 e. The summed E-state index contributed by atoms with van der Waals surface area (Å²) in [6.45, 7) is 15.6. The van der Waals surface area contributed by atoms with Crippen molar-refractivity contribution in [3.05, 3.63) is 53.6 Å². The molecule has 0 spiro atoms. The van der Waals surface area contributed by atoms with Gasteiger partial charge in [-0.25, -0.2) is 0 Å². The van der Waals surface area contributed by atoms with Crippen molar-refractivity contribution in [2.75, 3.05) is 33.2 Å². The van der Waals surface area contributed by atoms with Gasteiger partial charge >= 0.3 is 0 Å². The van der Waals surface area contributed by atoms with E-state index in [4.69, 9.17) is 0 Å². The molecule has 0 unspecified atom stereocenters. The van der Waals surface area contributed by atoms with E-state index in [2.05, 4.69) is 39.3 Å². The van der Waals surface area contributed by atoms with Crippen LogP contribution >= 0.6 is 0 Å². The van der Waals surface area contributed by atoms with Crippen molar-refractivity contribution >= 4 is 17.8 Å². The van der Waals surface area contributed by atoms with Crippen LogP contribution < -0.4 is 0 Å². The van der Waals surface area contributed by atoms with Gasteiger partial charge in [-0.2, -0.15) is 0 Å². The predicted octanol–water partition coefficient (Wildman–Crippen LogP) is 4.42. The van der Waals surface area contributed by atoms with Gasteiger partial charge in [-0.1, -0.05) is 45.9 Å². The number of rotatable bonds is 3. The van der Waals surface area contributed by atoms with Crippen LogP contribution in [0.4, 0.5) is 0 Å². The number of ketones is 1. The quantitative estimate of drug-likeness (QED) is 0.443. The summed E-state index contributed by atoms with van der Waals surface area (Å²) in [6, 6.07) is 7.59. The number of amides is 1. The van der Waals surface area contributed by atoms with Crippen LogP contribution in [-0.4, -0.2) is 77.1 Å². The molecule has 8 atom stereocenters. The van der Waals surface area contributed by atoms with Crippen LogP contribution in [0.25, 0.3) is 6.08 Å². The van der Waals surface area contributed by atoms with Crippen molar-refractivity contribution < 1.29 is 19.8 Å². The molecule has 1 heterocycles. The average molecular weight is 535 g/mol. The molecular formula is C33H46N2O4. The highest BCUT2D eigenvalue weighted by molar-refractivity contribution is 6.05. The summed E-state index contributed by atoms with van der Waals surface area (Å²) in [7, 11) is 2.07. The van der Waals surface area contributed by atoms with Crippen LogP contribution in [0.1, 0.15) is 69.3 Å². The number of Topliss-reactive ketones (excluding diaryl/α,β-unsaturated/α-hetero) is 1. The first-order valence-electron chi connectivity index (χ1n) is 14.7. The lowest BCUT2D eigenvalue weighted by atomic mass is 9.44. The third kappa shape index (κ3) is 4.34. The smallest absolute Gasteiger partial charge is 0.253 e. The summed E-state index contributed by atoms with van der Waals surface area (Å²) in [5.41, 5.74) is 0.718. The Balaban J connectivity index is 1.48. The van der Waals surface area contributed by atoms with Crippen molar-refractivity contribution in [2.24, 2.45) is 34.0 Å². The van der Waals surface area contributed by atoms with Gasteiger partial charge in [-0.3, -0.25) is 9.59 Å². The van der Waals surface area contributed by atoms with Crippen molar-refractivity contribution in [1.29, 1.82) is 0 Å². The minimum atomic E-state index is -0.717. The molecule has 1 saturated heterocycles. The number of piperazine rings is 1. The number of hydrogen-bond acceptors (Lipinski definition) is 5. The predicted molar refractivity (Wildman–Crippen MR) is 154 cm³/mol. The van der Waals surface area contributed by atoms with Gasteiger partial charge in [0.1, 0.15) is 0 Å². The number of nitrogens with zero attached hydrogens (tertiary/aromatic N) is 2. The number of aliphatic hydroxyl groups is 2. The van der Waals surface area contributed by atoms with Gasteiger partial charge in [0.15, 0.2) is 5.78 Å². The topological polar surface area (TPSA) is 81.1 Å². The molecule has 2 bridgehead atoms. The lowest BCUT2D eigenvalue weighted by Crippen LogP contribution is -2.62. The van der Waals surface area contributed by atoms with E-state index in [1.165, 1.54) is 0 Å². The van der Waals surface area contributed by atoms with Crippen LogP contribution in [0.3, 0.4) is 0 Å². The zero-order valence-electron chi connectivity index (χ0n) is 24.3. The Morgan fingerprint density at radius 2 is 1.72 bits per heavy atom. The second-order valence-electron chi connectivity index (χ2n) is 13.6. The average Bonchev–Trinajstić information content (AvgIpc) is 3.22. The van der Waals surface area contributed by atoms with E-state index in [0.717, 1.165) is 50.2 Å². The van der Waals surface area contributed by atoms with E-state index in [9.17, 15) is 19.8 Å². The normalized spacial score (nSPS) is 42.1. The number of carbonyl (C=O) groups is 2. The number of aliphatic hydroxyl groups excluding tert-OH is 2. The van der Waals surface area contributed by atoms with Crippen LogP contribution in [-0.2, 0) is 4.79 Å². The third-order valence-electron chi connectivity index (χ3n) is 11.6. The zero-order chi connectivity index (χ0) is 28.3. The Labute approximate surface area is 233 Å². The molecule has 1 amide bonds. The van der Waals surface area contributed by atoms with E-state index < -0.39 is 28.5 Å². The highest BCUT2D eigenvalue weighted by atomic mass is 16.3. The molecule has 3 aliphatic carbocycles. The standard InChI is InChI=1S/C33H46N2O4/c1-7-31(4)20-26(36)32(5)21(2)12-13-33(22(3)29(31)38)19-25(27(37)28(32)33)18-23-8-10-24(11-9-23)30(39)35-16-14-34(6)15-17-35/h7-11,18,21-22,26,28-29,36,38H,1,12-17,19-20H2,2-6H3/b25-18+/t21-,22+,26-,28+,29+,31-,32+,33+/m1/s1. The number of hydrogen-bond donors (Lipinski definition) is 2. The van der Waals surface area contributed by atoms with Crippen molar-refractivity contribution in [2.45, 2.75) is 65.6 Å². The SMILES string of the molecule is C=C[C@]1(C)C[C@@H](O)[C@]2(C)[C@H](C)CC[C@]3(C/C(=C\c4ccc(C(=O)N5CCN(C)CC5)cc4)C(=O)[C@H]32)[C@@H](C)[C@@H]1O. The monoisotopic (exact) mass is 534 g/mol. The Kier molecular flexibility index (Phi) is 7.22. The molecule has 212 valence electrons. The van der Waals surface area contributed by atoms with E-state index in [0.29, 0.717) is 18.4 Å². The molecule has 5 rings (SSSR count). The molecule has 0 aromatic heterocycles. The summed E-state index contributed by atoms with van der Waals surface area (Å²) in [4.78, 5) is 31.4. The molecule has 3 saturated carbocycles. The van der Waals surface area contributed by atoms with Gasteiger partial charge in [0, 0.05) is 48.5 Å². The Morgan fingerprint density at radius 3 is 2.33 bits per heavy atom. The number of likely N-dealkylation sites (N-methyl/N-ethyl adjacent to an activating group) is 1. The number of benzene rings is 1. The second kappa shape index (κ2) is 9.97. The van der Waals surface area contributed by atoms with E-state index in [-0.39, 0.29) is 29.4 Å². The summed E-state index contributed by atoms with van der Waals surface area (Å²) in [6.07, 6.45) is 5.14. The first kappa shape index (κ1) is 28.3. The molecule has 0 radical (unpaired) electrons. The molecule has 1 aromatic carbocycles. The molecule has 2 N–H and O–H groups in total. The third-order valence-corrected chi connectivity index (χ3v) is 11.6. The van der Waals surface area contributed by atoms with Crippen LogP contribution in [0, 0.1) is 34.0 Å². The first-order valence-corrected chi connectivity index (χ1v) is 14.7. The molecule has 4 fully saturated rings. The van der Waals surface area contributed by atoms with Crippen LogP contribution in [0.15, 0.2) is 42.5 Å². The van der Waals surface area contributed by atoms with E-state index >= 15 is 0 Å². The molecule has 1 aromatic rings. The zero-order valence-corrected chi connectivity index (χ0v) is 24.3. The lowest BCUT2D eigenvalue weighted by molar-refractivity contribution is -0.191. The van der Waals surface area contributed by atoms with Gasteiger partial charge in [0.05, 0.1) is 12.2 Å². The Morgan fingerprint density at radius 1 is 1.08 bits per heavy atom. The van der Waals surface area contributed by atoms with Gasteiger partial charge in [-0.15, -0.1) is 6.58 Å². The minimum absolute atomic E-state index is 0.0504. The fraction of sp³-hybridized carbons (Fsp3) is 0.636. The molecular weight excluding hydrogens is 488 g/mol. The number of allylic oxidation sites excluding steroid dienone is 1. The van der Waals surface area contributed by atoms with Crippen LogP contribution in [0.5, 0.6) is 0 Å². The van der Waals surface area contributed by atoms with E-state index in [1.54, 1.807) is 6.08 Å². The minimum Gasteiger partial charge on any atom is -0.392 e. The Hall–Kier alpha value is -2.28. The highest BCUT2D eigenvalue weighted by Gasteiger charge is 2.68. The maximum Gasteiger partial charge on any atom is 0.253 e. The highest BCUT2D eigenvalue weighted by Crippen LogP contribution is 2.68. The second-order valence-corrected chi connectivity index (χ2v) is 13.6. The molecule has 39 heavy (non-hydrogen) atoms. The number of carbonyl (C=O) groups excluding carboxylic acids is 2. The van der Waals surface area contributed by atoms with E-state index in [1.807, 2.05) is 42.2 Å². The van der Waals surface area contributed by atoms with Crippen LogP contribution in [0.2, 0.25) is 0 Å². The van der Waals surface area contributed by atoms with Gasteiger partial charge < -0.3 is 20.0 Å². The van der Waals surface area contributed by atoms with Gasteiger partial charge in [0.2, 0.25) is 0 Å². The maximum atomic E-state index is 14.3. The van der Waals surface area contributed by atoms with Crippen molar-refractivity contribution in [3.63, 3.8) is 0 Å².